The van der Waals surface area contributed by atoms with E-state index in [1.165, 1.54) is 6.07 Å². The molecule has 0 atom stereocenters. The first-order valence-corrected chi connectivity index (χ1v) is 5.83. The Hall–Kier alpha value is -2.41. The summed E-state index contributed by atoms with van der Waals surface area (Å²) in [6.07, 6.45) is 3.09. The molecule has 0 unspecified atom stereocenters. The summed E-state index contributed by atoms with van der Waals surface area (Å²) in [5, 5.41) is 15.8. The van der Waals surface area contributed by atoms with Gasteiger partial charge in [-0.05, 0) is 23.6 Å². The van der Waals surface area contributed by atoms with Crippen LogP contribution in [0.4, 0.5) is 15.5 Å². The molecule has 0 aliphatic rings. The van der Waals surface area contributed by atoms with Gasteiger partial charge in [-0.1, -0.05) is 0 Å². The maximum atomic E-state index is 11.6. The Bertz CT molecular complexity index is 568. The van der Waals surface area contributed by atoms with E-state index in [0.29, 0.717) is 10.7 Å². The number of thiophene rings is 1. The summed E-state index contributed by atoms with van der Waals surface area (Å²) >= 11 is 1.15. The van der Waals surface area contributed by atoms with E-state index in [-0.39, 0.29) is 5.56 Å². The van der Waals surface area contributed by atoms with Crippen molar-refractivity contribution in [2.75, 3.05) is 10.6 Å². The molecule has 2 aromatic rings. The molecule has 0 aromatic carbocycles. The van der Waals surface area contributed by atoms with Gasteiger partial charge in [-0.25, -0.2) is 9.59 Å². The fraction of sp³-hybridized carbons (Fsp3) is 0. The molecule has 2 rings (SSSR count). The van der Waals surface area contributed by atoms with Crippen LogP contribution in [-0.2, 0) is 0 Å². The highest BCUT2D eigenvalue weighted by Gasteiger charge is 2.13. The molecule has 0 fully saturated rings. The predicted molar refractivity (Wildman–Crippen MR) is 68.2 cm³/mol. The second-order valence-electron chi connectivity index (χ2n) is 3.28. The lowest BCUT2D eigenvalue weighted by Crippen LogP contribution is -2.19. The van der Waals surface area contributed by atoms with Crippen molar-refractivity contribution in [2.45, 2.75) is 0 Å². The number of nitrogens with one attached hydrogen (secondary N) is 2. The van der Waals surface area contributed by atoms with E-state index in [0.717, 1.165) is 11.3 Å². The number of carbonyl (C=O) groups is 2. The summed E-state index contributed by atoms with van der Waals surface area (Å²) in [6, 6.07) is 4.21. The summed E-state index contributed by atoms with van der Waals surface area (Å²) in [6.45, 7) is 0. The number of rotatable bonds is 3. The van der Waals surface area contributed by atoms with E-state index in [4.69, 9.17) is 5.11 Å². The molecule has 0 aliphatic carbocycles. The first-order valence-electron chi connectivity index (χ1n) is 4.95. The Morgan fingerprint density at radius 2 is 1.89 bits per heavy atom. The summed E-state index contributed by atoms with van der Waals surface area (Å²) in [5.41, 5.74) is 0.654. The normalized spacial score (nSPS) is 9.78. The highest BCUT2D eigenvalue weighted by atomic mass is 32.1. The Labute approximate surface area is 106 Å². The molecule has 92 valence electrons. The van der Waals surface area contributed by atoms with Crippen molar-refractivity contribution in [1.29, 1.82) is 0 Å². The number of aromatic nitrogens is 1. The molecule has 0 radical (unpaired) electrons. The van der Waals surface area contributed by atoms with Crippen LogP contribution in [0.15, 0.2) is 36.0 Å². The van der Waals surface area contributed by atoms with Gasteiger partial charge in [0.1, 0.15) is 5.00 Å². The zero-order valence-corrected chi connectivity index (χ0v) is 9.90. The number of hydrogen-bond donors (Lipinski definition) is 3. The highest BCUT2D eigenvalue weighted by Crippen LogP contribution is 2.23. The Kier molecular flexibility index (Phi) is 3.54. The van der Waals surface area contributed by atoms with Gasteiger partial charge in [0.2, 0.25) is 0 Å². The topological polar surface area (TPSA) is 91.3 Å². The maximum Gasteiger partial charge on any atom is 0.338 e. The van der Waals surface area contributed by atoms with Crippen LogP contribution in [0.25, 0.3) is 0 Å². The van der Waals surface area contributed by atoms with Crippen molar-refractivity contribution in [1.82, 2.24) is 4.98 Å². The number of carboxylic acid groups (broad SMARTS) is 1. The van der Waals surface area contributed by atoms with Gasteiger partial charge in [0.25, 0.3) is 0 Å². The number of anilines is 2. The lowest BCUT2D eigenvalue weighted by Gasteiger charge is -2.06. The van der Waals surface area contributed by atoms with Crippen molar-refractivity contribution in [3.05, 3.63) is 41.5 Å². The minimum Gasteiger partial charge on any atom is -0.478 e. The average molecular weight is 263 g/mol. The zero-order chi connectivity index (χ0) is 13.0. The zero-order valence-electron chi connectivity index (χ0n) is 9.08. The molecule has 3 N–H and O–H groups in total. The van der Waals surface area contributed by atoms with Crippen molar-refractivity contribution in [3.63, 3.8) is 0 Å². The third-order valence-electron chi connectivity index (χ3n) is 2.06. The monoisotopic (exact) mass is 263 g/mol. The summed E-state index contributed by atoms with van der Waals surface area (Å²) in [7, 11) is 0. The van der Waals surface area contributed by atoms with Gasteiger partial charge in [-0.3, -0.25) is 10.3 Å². The lowest BCUT2D eigenvalue weighted by molar-refractivity contribution is 0.0698. The van der Waals surface area contributed by atoms with E-state index in [2.05, 4.69) is 15.6 Å². The van der Waals surface area contributed by atoms with Crippen molar-refractivity contribution in [3.8, 4) is 0 Å². The van der Waals surface area contributed by atoms with Gasteiger partial charge >= 0.3 is 12.0 Å². The molecular formula is C11H9N3O3S. The second kappa shape index (κ2) is 5.28. The Morgan fingerprint density at radius 1 is 1.17 bits per heavy atom. The van der Waals surface area contributed by atoms with Crippen LogP contribution >= 0.6 is 11.3 Å². The maximum absolute atomic E-state index is 11.6. The van der Waals surface area contributed by atoms with Crippen molar-refractivity contribution in [2.24, 2.45) is 0 Å². The third-order valence-corrected chi connectivity index (χ3v) is 2.89. The van der Waals surface area contributed by atoms with Crippen LogP contribution in [0.1, 0.15) is 10.4 Å². The number of pyridine rings is 1. The van der Waals surface area contributed by atoms with Gasteiger partial charge in [0.05, 0.1) is 5.56 Å². The van der Waals surface area contributed by atoms with Crippen LogP contribution in [0.2, 0.25) is 0 Å². The molecule has 0 saturated heterocycles. The third kappa shape index (κ3) is 2.83. The van der Waals surface area contributed by atoms with E-state index in [1.54, 1.807) is 29.9 Å². The fourth-order valence-electron chi connectivity index (χ4n) is 1.28. The molecule has 18 heavy (non-hydrogen) atoms. The molecule has 0 spiro atoms. The SMILES string of the molecule is O=C(Nc1ccncc1)Nc1sccc1C(=O)O. The minimum absolute atomic E-state index is 0.0740. The molecule has 0 bridgehead atoms. The van der Waals surface area contributed by atoms with Gasteiger partial charge < -0.3 is 10.4 Å². The smallest absolute Gasteiger partial charge is 0.338 e. The van der Waals surface area contributed by atoms with Crippen LogP contribution in [0.5, 0.6) is 0 Å². The van der Waals surface area contributed by atoms with Gasteiger partial charge in [-0.15, -0.1) is 11.3 Å². The largest absolute Gasteiger partial charge is 0.478 e. The van der Waals surface area contributed by atoms with Gasteiger partial charge in [0, 0.05) is 18.1 Å². The second-order valence-corrected chi connectivity index (χ2v) is 4.20. The first-order chi connectivity index (χ1) is 8.66. The van der Waals surface area contributed by atoms with E-state index in [1.807, 2.05) is 0 Å². The number of aromatic carboxylic acids is 1. The number of urea groups is 1. The molecular weight excluding hydrogens is 254 g/mol. The van der Waals surface area contributed by atoms with Gasteiger partial charge in [0.15, 0.2) is 0 Å². The summed E-state index contributed by atoms with van der Waals surface area (Å²) < 4.78 is 0. The first kappa shape index (κ1) is 12.1. The van der Waals surface area contributed by atoms with E-state index >= 15 is 0 Å². The standard InChI is InChI=1S/C11H9N3O3S/c15-10(16)8-3-6-18-9(8)14-11(17)13-7-1-4-12-5-2-7/h1-6H,(H,15,16)(H2,12,13,14,17). The molecule has 2 heterocycles. The quantitative estimate of drug-likeness (QED) is 0.793. The number of amides is 2. The molecule has 0 saturated carbocycles. The van der Waals surface area contributed by atoms with Crippen LogP contribution in [-0.4, -0.2) is 22.1 Å². The van der Waals surface area contributed by atoms with Gasteiger partial charge in [-0.2, -0.15) is 0 Å². The fourth-order valence-corrected chi connectivity index (χ4v) is 2.05. The van der Waals surface area contributed by atoms with Crippen molar-refractivity contribution < 1.29 is 14.7 Å². The van der Waals surface area contributed by atoms with Crippen LogP contribution in [0.3, 0.4) is 0 Å². The minimum atomic E-state index is -1.07. The molecule has 7 heteroatoms. The highest BCUT2D eigenvalue weighted by molar-refractivity contribution is 7.14. The predicted octanol–water partition coefficient (Wildman–Crippen LogP) is 2.49. The average Bonchev–Trinajstić information content (AvgIpc) is 2.78. The van der Waals surface area contributed by atoms with Crippen LogP contribution < -0.4 is 10.6 Å². The number of hydrogen-bond acceptors (Lipinski definition) is 4. The summed E-state index contributed by atoms with van der Waals surface area (Å²) in [5.74, 6) is -1.07. The lowest BCUT2D eigenvalue weighted by atomic mass is 10.3. The number of carboxylic acids is 1. The van der Waals surface area contributed by atoms with Crippen molar-refractivity contribution >= 4 is 34.0 Å². The molecule has 2 amide bonds. The molecule has 2 aromatic heterocycles. The summed E-state index contributed by atoms with van der Waals surface area (Å²) in [4.78, 5) is 26.3. The number of carbonyl (C=O) groups excluding carboxylic acids is 1. The Balaban J connectivity index is 2.04. The molecule has 0 aliphatic heterocycles. The van der Waals surface area contributed by atoms with E-state index < -0.39 is 12.0 Å². The van der Waals surface area contributed by atoms with E-state index in [9.17, 15) is 9.59 Å². The number of nitrogens with zero attached hydrogens (tertiary/aromatic N) is 1. The molecule has 6 nitrogen and oxygen atoms in total. The van der Waals surface area contributed by atoms with Crippen LogP contribution in [0, 0.1) is 0 Å². The Morgan fingerprint density at radius 3 is 2.56 bits per heavy atom.